The topological polar surface area (TPSA) is 84.4 Å². The molecular formula is C23H25F5N4O3S. The number of alkyl halides is 5. The Balaban J connectivity index is 1.76. The molecule has 2 fully saturated rings. The molecule has 0 radical (unpaired) electrons. The molecule has 2 atom stereocenters. The third-order valence-electron chi connectivity index (χ3n) is 6.26. The van der Waals surface area contributed by atoms with Crippen LogP contribution in [0.4, 0.5) is 27.8 Å². The molecule has 0 bridgehead atoms. The maximum atomic E-state index is 14.1. The van der Waals surface area contributed by atoms with Gasteiger partial charge in [-0.3, -0.25) is 4.79 Å². The van der Waals surface area contributed by atoms with Gasteiger partial charge < -0.3 is 15.0 Å². The molecule has 1 unspecified atom stereocenters. The van der Waals surface area contributed by atoms with Crippen molar-refractivity contribution >= 4 is 29.0 Å². The van der Waals surface area contributed by atoms with Crippen LogP contribution in [0.2, 0.25) is 0 Å². The van der Waals surface area contributed by atoms with Crippen LogP contribution in [-0.2, 0) is 4.74 Å². The van der Waals surface area contributed by atoms with Crippen molar-refractivity contribution in [1.29, 1.82) is 0 Å². The lowest BCUT2D eigenvalue weighted by Crippen LogP contribution is -2.38. The van der Waals surface area contributed by atoms with Crippen molar-refractivity contribution in [1.82, 2.24) is 14.9 Å². The molecule has 1 aliphatic carbocycles. The third-order valence-corrected chi connectivity index (χ3v) is 7.33. The molecule has 1 N–H and O–H groups in total. The highest BCUT2D eigenvalue weighted by Gasteiger charge is 2.49. The van der Waals surface area contributed by atoms with Gasteiger partial charge in [-0.2, -0.15) is 13.2 Å². The molecular weight excluding hydrogens is 507 g/mol. The zero-order valence-electron chi connectivity index (χ0n) is 19.6. The monoisotopic (exact) mass is 532 g/mol. The minimum Gasteiger partial charge on any atom is -0.461 e. The zero-order valence-corrected chi connectivity index (χ0v) is 20.4. The highest BCUT2D eigenvalue weighted by atomic mass is 32.1. The largest absolute Gasteiger partial charge is 0.461 e. The van der Waals surface area contributed by atoms with Crippen LogP contribution in [0, 0.1) is 5.92 Å². The number of amides is 1. The highest BCUT2D eigenvalue weighted by molar-refractivity contribution is 7.17. The first kappa shape index (κ1) is 26.2. The fraction of sp³-hybridized carbons (Fsp3) is 0.565. The standard InChI is InChI=1S/C23H25F5N4O3S/c1-3-35-22(34)20-31-16(21(33)32-8-4-5-11(32)2)17(36-20)14-10-29-15(9-13(14)19(24)25)30-18(12-6-7-12)23(26,27)28/h9-12,18-19H,3-8H2,1-2H3,(H,29,30)/t11?,18-/m0/s1. The summed E-state index contributed by atoms with van der Waals surface area (Å²) in [6.07, 6.45) is -4.36. The summed E-state index contributed by atoms with van der Waals surface area (Å²) in [5.41, 5.74) is -0.979. The lowest BCUT2D eigenvalue weighted by Gasteiger charge is -2.23. The Morgan fingerprint density at radius 2 is 2.00 bits per heavy atom. The van der Waals surface area contributed by atoms with Crippen LogP contribution < -0.4 is 5.32 Å². The summed E-state index contributed by atoms with van der Waals surface area (Å²) in [7, 11) is 0. The van der Waals surface area contributed by atoms with E-state index in [4.69, 9.17) is 4.74 Å². The molecule has 1 amide bonds. The van der Waals surface area contributed by atoms with Crippen molar-refractivity contribution in [3.8, 4) is 10.4 Å². The first-order valence-corrected chi connectivity index (χ1v) is 12.4. The van der Waals surface area contributed by atoms with Crippen LogP contribution >= 0.6 is 11.3 Å². The van der Waals surface area contributed by atoms with Gasteiger partial charge in [-0.05, 0) is 51.5 Å². The van der Waals surface area contributed by atoms with E-state index in [1.165, 1.54) is 0 Å². The number of esters is 1. The molecule has 0 aromatic carbocycles. The van der Waals surface area contributed by atoms with E-state index < -0.39 is 42.0 Å². The van der Waals surface area contributed by atoms with Gasteiger partial charge in [0.05, 0.1) is 11.5 Å². The van der Waals surface area contributed by atoms with Crippen LogP contribution in [0.3, 0.4) is 0 Å². The van der Waals surface area contributed by atoms with Crippen LogP contribution in [0.5, 0.6) is 0 Å². The van der Waals surface area contributed by atoms with Gasteiger partial charge in [0, 0.05) is 29.9 Å². The summed E-state index contributed by atoms with van der Waals surface area (Å²) in [5.74, 6) is -2.31. The fourth-order valence-corrected chi connectivity index (χ4v) is 5.26. The second-order valence-corrected chi connectivity index (χ2v) is 9.86. The van der Waals surface area contributed by atoms with E-state index in [0.717, 1.165) is 25.1 Å². The Morgan fingerprint density at radius 3 is 2.56 bits per heavy atom. The molecule has 7 nitrogen and oxygen atoms in total. The summed E-state index contributed by atoms with van der Waals surface area (Å²) in [4.78, 5) is 35.3. The summed E-state index contributed by atoms with van der Waals surface area (Å²) in [6.45, 7) is 3.94. The SMILES string of the molecule is CCOC(=O)c1nc(C(=O)N2CCCC2C)c(-c2cnc(N[C@@H](C3CC3)C(F)(F)F)cc2C(F)F)s1. The van der Waals surface area contributed by atoms with Crippen molar-refractivity contribution < 1.29 is 36.3 Å². The number of nitrogens with one attached hydrogen (secondary N) is 1. The predicted molar refractivity (Wildman–Crippen MR) is 122 cm³/mol. The van der Waals surface area contributed by atoms with Gasteiger partial charge in [-0.25, -0.2) is 23.5 Å². The number of nitrogens with zero attached hydrogens (tertiary/aromatic N) is 3. The van der Waals surface area contributed by atoms with E-state index >= 15 is 0 Å². The Labute approximate surface area is 208 Å². The molecule has 196 valence electrons. The Kier molecular flexibility index (Phi) is 7.48. The number of likely N-dealkylation sites (tertiary alicyclic amines) is 1. The molecule has 2 aliphatic rings. The van der Waals surface area contributed by atoms with Crippen LogP contribution in [0.25, 0.3) is 10.4 Å². The van der Waals surface area contributed by atoms with Gasteiger partial charge in [0.15, 0.2) is 0 Å². The Hall–Kier alpha value is -2.83. The first-order valence-electron chi connectivity index (χ1n) is 11.6. The lowest BCUT2D eigenvalue weighted by molar-refractivity contribution is -0.146. The third kappa shape index (κ3) is 5.45. The molecule has 1 saturated heterocycles. The summed E-state index contributed by atoms with van der Waals surface area (Å²) < 4.78 is 73.5. The van der Waals surface area contributed by atoms with E-state index in [1.807, 2.05) is 6.92 Å². The zero-order chi connectivity index (χ0) is 26.2. The molecule has 1 saturated carbocycles. The number of carbonyl (C=O) groups is 2. The number of anilines is 1. The van der Waals surface area contributed by atoms with Gasteiger partial charge in [-0.1, -0.05) is 0 Å². The minimum absolute atomic E-state index is 0.00827. The van der Waals surface area contributed by atoms with Crippen molar-refractivity contribution in [2.24, 2.45) is 5.92 Å². The van der Waals surface area contributed by atoms with Gasteiger partial charge in [0.1, 0.15) is 17.6 Å². The number of ether oxygens (including phenoxy) is 1. The van der Waals surface area contributed by atoms with Gasteiger partial charge >= 0.3 is 12.1 Å². The molecule has 4 rings (SSSR count). The number of hydrogen-bond acceptors (Lipinski definition) is 7. The molecule has 2 aromatic rings. The molecule has 1 aliphatic heterocycles. The van der Waals surface area contributed by atoms with E-state index in [1.54, 1.807) is 11.8 Å². The van der Waals surface area contributed by atoms with Crippen molar-refractivity contribution in [3.05, 3.63) is 28.5 Å². The van der Waals surface area contributed by atoms with E-state index in [-0.39, 0.29) is 39.6 Å². The number of aromatic nitrogens is 2. The number of hydrogen-bond donors (Lipinski definition) is 1. The van der Waals surface area contributed by atoms with Crippen molar-refractivity contribution in [2.45, 2.75) is 64.2 Å². The van der Waals surface area contributed by atoms with Gasteiger partial charge in [0.2, 0.25) is 5.01 Å². The molecule has 2 aromatic heterocycles. The first-order chi connectivity index (χ1) is 17.0. The number of rotatable bonds is 8. The average Bonchev–Trinajstić information content (AvgIpc) is 3.39. The predicted octanol–water partition coefficient (Wildman–Crippen LogP) is 5.70. The second-order valence-electron chi connectivity index (χ2n) is 8.87. The fourth-order valence-electron chi connectivity index (χ4n) is 4.27. The van der Waals surface area contributed by atoms with Crippen LogP contribution in [0.1, 0.15) is 71.8 Å². The quantitative estimate of drug-likeness (QED) is 0.347. The molecule has 0 spiro atoms. The van der Waals surface area contributed by atoms with Crippen molar-refractivity contribution in [2.75, 3.05) is 18.5 Å². The number of thiazole rings is 1. The van der Waals surface area contributed by atoms with Crippen LogP contribution in [-0.4, -0.2) is 58.2 Å². The summed E-state index contributed by atoms with van der Waals surface area (Å²) in [6, 6.07) is -1.13. The number of carbonyl (C=O) groups excluding carboxylic acids is 2. The maximum absolute atomic E-state index is 14.1. The van der Waals surface area contributed by atoms with E-state index in [0.29, 0.717) is 30.7 Å². The van der Waals surface area contributed by atoms with Crippen LogP contribution in [0.15, 0.2) is 12.3 Å². The molecule has 13 heteroatoms. The Bertz CT molecular complexity index is 1140. The van der Waals surface area contributed by atoms with E-state index in [2.05, 4.69) is 15.3 Å². The molecule has 3 heterocycles. The minimum atomic E-state index is -4.56. The normalized spacial score (nSPS) is 19.0. The van der Waals surface area contributed by atoms with E-state index in [9.17, 15) is 31.5 Å². The summed E-state index contributed by atoms with van der Waals surface area (Å²) in [5, 5.41) is 2.07. The van der Waals surface area contributed by atoms with Crippen molar-refractivity contribution in [3.63, 3.8) is 0 Å². The highest BCUT2D eigenvalue weighted by Crippen LogP contribution is 2.43. The maximum Gasteiger partial charge on any atom is 0.408 e. The van der Waals surface area contributed by atoms with Gasteiger partial charge in [0.25, 0.3) is 12.3 Å². The Morgan fingerprint density at radius 1 is 1.28 bits per heavy atom. The molecule has 36 heavy (non-hydrogen) atoms. The second kappa shape index (κ2) is 10.3. The van der Waals surface area contributed by atoms with Gasteiger partial charge in [-0.15, -0.1) is 11.3 Å². The number of halogens is 5. The number of pyridine rings is 1. The summed E-state index contributed by atoms with van der Waals surface area (Å²) >= 11 is 0.713. The average molecular weight is 533 g/mol. The lowest BCUT2D eigenvalue weighted by atomic mass is 10.1. The smallest absolute Gasteiger partial charge is 0.408 e.